The zero-order chi connectivity index (χ0) is 14.8. The van der Waals surface area contributed by atoms with Gasteiger partial charge in [0.05, 0.1) is 14.6 Å². The molecule has 3 aromatic rings. The number of thioether (sulfide) groups is 1. The van der Waals surface area contributed by atoms with E-state index in [0.29, 0.717) is 5.92 Å². The highest BCUT2D eigenvalue weighted by Crippen LogP contribution is 2.36. The lowest BCUT2D eigenvalue weighted by molar-refractivity contribution is 0.632. The normalized spacial score (nSPS) is 11.6. The second-order valence-corrected chi connectivity index (χ2v) is 8.51. The van der Waals surface area contributed by atoms with Crippen molar-refractivity contribution in [1.82, 2.24) is 15.2 Å². The van der Waals surface area contributed by atoms with Gasteiger partial charge in [-0.05, 0) is 36.5 Å². The van der Waals surface area contributed by atoms with Gasteiger partial charge in [-0.15, -0.1) is 44.6 Å². The zero-order valence-corrected chi connectivity index (χ0v) is 14.7. The van der Waals surface area contributed by atoms with Crippen LogP contribution in [0.25, 0.3) is 20.8 Å². The first kappa shape index (κ1) is 14.9. The molecule has 3 aromatic heterocycles. The molecule has 0 saturated carbocycles. The van der Waals surface area contributed by atoms with E-state index in [9.17, 15) is 0 Å². The summed E-state index contributed by atoms with van der Waals surface area (Å²) in [5.74, 6) is 1.78. The van der Waals surface area contributed by atoms with Crippen molar-refractivity contribution in [2.75, 3.05) is 5.75 Å². The molecule has 110 valence electrons. The Labute approximate surface area is 136 Å². The summed E-state index contributed by atoms with van der Waals surface area (Å²) in [6.45, 7) is 6.54. The zero-order valence-electron chi connectivity index (χ0n) is 12.3. The number of fused-ring (bicyclic) bond motifs is 1. The summed E-state index contributed by atoms with van der Waals surface area (Å²) in [6, 6.07) is 4.14. The molecule has 0 spiro atoms. The first-order valence-electron chi connectivity index (χ1n) is 6.95. The third-order valence-electron chi connectivity index (χ3n) is 3.08. The van der Waals surface area contributed by atoms with E-state index < -0.39 is 0 Å². The number of thiazole rings is 1. The van der Waals surface area contributed by atoms with Crippen LogP contribution in [0.5, 0.6) is 0 Å². The fourth-order valence-electron chi connectivity index (χ4n) is 1.98. The van der Waals surface area contributed by atoms with Crippen LogP contribution < -0.4 is 0 Å². The lowest BCUT2D eigenvalue weighted by Gasteiger charge is -2.05. The minimum atomic E-state index is 0.712. The van der Waals surface area contributed by atoms with Gasteiger partial charge in [0.2, 0.25) is 0 Å². The van der Waals surface area contributed by atoms with Gasteiger partial charge in [-0.25, -0.2) is 4.98 Å². The SMILES string of the molecule is Cc1nc2c(SCCC(C)C)nnc(-c3cccs3)c2s1. The molecule has 0 radical (unpaired) electrons. The van der Waals surface area contributed by atoms with Crippen molar-refractivity contribution < 1.29 is 0 Å². The number of aromatic nitrogens is 3. The van der Waals surface area contributed by atoms with E-state index in [2.05, 4.69) is 40.5 Å². The van der Waals surface area contributed by atoms with E-state index in [0.717, 1.165) is 36.6 Å². The topological polar surface area (TPSA) is 38.7 Å². The van der Waals surface area contributed by atoms with Crippen LogP contribution in [-0.2, 0) is 0 Å². The van der Waals surface area contributed by atoms with Crippen molar-refractivity contribution in [2.24, 2.45) is 5.92 Å². The Morgan fingerprint density at radius 2 is 2.14 bits per heavy atom. The Hall–Kier alpha value is -0.980. The molecule has 0 saturated heterocycles. The highest BCUT2D eigenvalue weighted by atomic mass is 32.2. The van der Waals surface area contributed by atoms with E-state index in [1.807, 2.05) is 13.0 Å². The van der Waals surface area contributed by atoms with E-state index in [1.165, 1.54) is 6.42 Å². The molecule has 3 heterocycles. The Bertz CT molecular complexity index is 732. The second kappa shape index (κ2) is 6.42. The molecule has 0 unspecified atom stereocenters. The molecular weight excluding hydrogens is 318 g/mol. The lowest BCUT2D eigenvalue weighted by Crippen LogP contribution is -1.94. The van der Waals surface area contributed by atoms with Crippen LogP contribution in [-0.4, -0.2) is 20.9 Å². The summed E-state index contributed by atoms with van der Waals surface area (Å²) in [5, 5.41) is 13.0. The van der Waals surface area contributed by atoms with E-state index >= 15 is 0 Å². The fourth-order valence-corrected chi connectivity index (χ4v) is 4.91. The maximum absolute atomic E-state index is 4.68. The van der Waals surface area contributed by atoms with Gasteiger partial charge in [0.25, 0.3) is 0 Å². The number of aryl methyl sites for hydroxylation is 1. The van der Waals surface area contributed by atoms with Gasteiger partial charge >= 0.3 is 0 Å². The molecule has 0 fully saturated rings. The van der Waals surface area contributed by atoms with Crippen molar-refractivity contribution in [1.29, 1.82) is 0 Å². The maximum Gasteiger partial charge on any atom is 0.146 e. The summed E-state index contributed by atoms with van der Waals surface area (Å²) in [6.07, 6.45) is 1.18. The van der Waals surface area contributed by atoms with Gasteiger partial charge in [-0.3, -0.25) is 0 Å². The van der Waals surface area contributed by atoms with Gasteiger partial charge in [0, 0.05) is 0 Å². The van der Waals surface area contributed by atoms with E-state index in [-0.39, 0.29) is 0 Å². The first-order chi connectivity index (χ1) is 10.1. The molecule has 0 aliphatic carbocycles. The molecule has 0 atom stereocenters. The molecule has 0 N–H and O–H groups in total. The quantitative estimate of drug-likeness (QED) is 0.596. The van der Waals surface area contributed by atoms with Gasteiger partial charge in [-0.2, -0.15) is 0 Å². The Morgan fingerprint density at radius 3 is 2.86 bits per heavy atom. The highest BCUT2D eigenvalue weighted by molar-refractivity contribution is 7.99. The molecule has 6 heteroatoms. The van der Waals surface area contributed by atoms with Crippen molar-refractivity contribution in [3.63, 3.8) is 0 Å². The van der Waals surface area contributed by atoms with Crippen molar-refractivity contribution in [2.45, 2.75) is 32.2 Å². The number of rotatable bonds is 5. The molecule has 3 nitrogen and oxygen atoms in total. The van der Waals surface area contributed by atoms with Crippen molar-refractivity contribution >= 4 is 44.7 Å². The summed E-state index contributed by atoms with van der Waals surface area (Å²) in [5.41, 5.74) is 1.99. The first-order valence-corrected chi connectivity index (χ1v) is 9.64. The van der Waals surface area contributed by atoms with Gasteiger partial charge in [-0.1, -0.05) is 19.9 Å². The summed E-state index contributed by atoms with van der Waals surface area (Å²) >= 11 is 5.18. The minimum Gasteiger partial charge on any atom is -0.238 e. The average Bonchev–Trinajstić information content (AvgIpc) is 3.06. The Balaban J connectivity index is 1.98. The van der Waals surface area contributed by atoms with Gasteiger partial charge < -0.3 is 0 Å². The Kier molecular flexibility index (Phi) is 4.57. The third-order valence-corrected chi connectivity index (χ3v) is 5.92. The van der Waals surface area contributed by atoms with Crippen LogP contribution in [0, 0.1) is 12.8 Å². The van der Waals surface area contributed by atoms with E-state index in [1.54, 1.807) is 34.4 Å². The number of nitrogens with zero attached hydrogens (tertiary/aromatic N) is 3. The predicted molar refractivity (Wildman–Crippen MR) is 93.4 cm³/mol. The van der Waals surface area contributed by atoms with Gasteiger partial charge in [0.1, 0.15) is 16.2 Å². The van der Waals surface area contributed by atoms with Crippen LogP contribution in [0.3, 0.4) is 0 Å². The molecule has 3 rings (SSSR count). The van der Waals surface area contributed by atoms with Crippen LogP contribution in [0.2, 0.25) is 0 Å². The molecule has 0 aliphatic rings. The van der Waals surface area contributed by atoms with Crippen LogP contribution in [0.15, 0.2) is 22.5 Å². The summed E-state index contributed by atoms with van der Waals surface area (Å²) < 4.78 is 1.16. The molecular formula is C15H17N3S3. The van der Waals surface area contributed by atoms with E-state index in [4.69, 9.17) is 0 Å². The second-order valence-electron chi connectivity index (χ2n) is 5.27. The minimum absolute atomic E-state index is 0.712. The smallest absolute Gasteiger partial charge is 0.146 e. The molecule has 0 aliphatic heterocycles. The number of hydrogen-bond acceptors (Lipinski definition) is 6. The molecule has 0 amide bonds. The molecule has 0 bridgehead atoms. The predicted octanol–water partition coefficient (Wildman–Crippen LogP) is 5.26. The van der Waals surface area contributed by atoms with Crippen molar-refractivity contribution in [3.05, 3.63) is 22.5 Å². The fraction of sp³-hybridized carbons (Fsp3) is 0.400. The monoisotopic (exact) mass is 335 g/mol. The van der Waals surface area contributed by atoms with Crippen molar-refractivity contribution in [3.8, 4) is 10.6 Å². The molecule has 0 aromatic carbocycles. The number of thiophene rings is 1. The largest absolute Gasteiger partial charge is 0.238 e. The standard InChI is InChI=1S/C15H17N3S3/c1-9(2)6-8-20-15-13-14(21-10(3)16-13)12(17-18-15)11-5-4-7-19-11/h4-5,7,9H,6,8H2,1-3H3. The Morgan fingerprint density at radius 1 is 1.29 bits per heavy atom. The van der Waals surface area contributed by atoms with Gasteiger partial charge in [0.15, 0.2) is 0 Å². The maximum atomic E-state index is 4.68. The lowest BCUT2D eigenvalue weighted by atomic mass is 10.2. The van der Waals surface area contributed by atoms with Crippen LogP contribution in [0.1, 0.15) is 25.3 Å². The third kappa shape index (κ3) is 3.27. The molecule has 21 heavy (non-hydrogen) atoms. The van der Waals surface area contributed by atoms with Crippen LogP contribution >= 0.6 is 34.4 Å². The average molecular weight is 336 g/mol. The summed E-state index contributed by atoms with van der Waals surface area (Å²) in [7, 11) is 0. The van der Waals surface area contributed by atoms with Crippen LogP contribution in [0.4, 0.5) is 0 Å². The summed E-state index contributed by atoms with van der Waals surface area (Å²) in [4.78, 5) is 5.84. The highest BCUT2D eigenvalue weighted by Gasteiger charge is 2.16. The number of hydrogen-bond donors (Lipinski definition) is 0.